The lowest BCUT2D eigenvalue weighted by atomic mass is 10.0. The van der Waals surface area contributed by atoms with Crippen molar-refractivity contribution in [1.82, 2.24) is 9.97 Å². The van der Waals surface area contributed by atoms with E-state index >= 15 is 0 Å². The van der Waals surface area contributed by atoms with Crippen molar-refractivity contribution >= 4 is 28.3 Å². The number of rotatable bonds is 2. The number of nitrogens with zero attached hydrogens (tertiary/aromatic N) is 2. The molecule has 1 aliphatic rings. The first-order valence-electron chi connectivity index (χ1n) is 7.37. The van der Waals surface area contributed by atoms with Crippen LogP contribution in [0, 0.1) is 5.82 Å². The zero-order valence-electron chi connectivity index (χ0n) is 11.9. The van der Waals surface area contributed by atoms with E-state index in [2.05, 4.69) is 33.1 Å². The molecule has 0 aliphatic carbocycles. The Morgan fingerprint density at radius 1 is 1.23 bits per heavy atom. The quantitative estimate of drug-likeness (QED) is 0.743. The normalized spacial score (nSPS) is 18.3. The number of benzene rings is 2. The topological polar surface area (TPSA) is 31.9 Å². The average molecular weight is 316 g/mol. The maximum atomic E-state index is 13.8. The smallest absolute Gasteiger partial charge is 0.143 e. The van der Waals surface area contributed by atoms with Gasteiger partial charge in [0, 0.05) is 12.2 Å². The van der Waals surface area contributed by atoms with Crippen molar-refractivity contribution in [1.29, 1.82) is 0 Å². The molecule has 0 radical (unpaired) electrons. The molecule has 1 aliphatic heterocycles. The predicted molar refractivity (Wildman–Crippen MR) is 86.8 cm³/mol. The van der Waals surface area contributed by atoms with E-state index in [0.29, 0.717) is 0 Å². The molecule has 0 bridgehead atoms. The Bertz CT molecular complexity index is 830. The molecule has 3 nitrogen and oxygen atoms in total. The Labute approximate surface area is 132 Å². The Hall–Kier alpha value is -2.07. The third-order valence-corrected chi connectivity index (χ3v) is 4.62. The van der Waals surface area contributed by atoms with Crippen molar-refractivity contribution in [3.05, 3.63) is 59.1 Å². The summed E-state index contributed by atoms with van der Waals surface area (Å²) >= 11 is 5.79. The van der Waals surface area contributed by atoms with Gasteiger partial charge in [-0.3, -0.25) is 0 Å². The second-order valence-electron chi connectivity index (χ2n) is 5.63. The minimum atomic E-state index is -0.368. The largest absolute Gasteiger partial charge is 0.364 e. The number of anilines is 1. The van der Waals surface area contributed by atoms with Crippen LogP contribution in [0.4, 0.5) is 10.1 Å². The Morgan fingerprint density at radius 2 is 2.14 bits per heavy atom. The Morgan fingerprint density at radius 3 is 3.00 bits per heavy atom. The first-order valence-corrected chi connectivity index (χ1v) is 7.75. The predicted octanol–water partition coefficient (Wildman–Crippen LogP) is 4.70. The SMILES string of the molecule is Fc1cc(N2CCC[C@@H]2c2ccc3[nH]cnc3c2)ccc1Cl. The minimum absolute atomic E-state index is 0.164. The molecule has 2 heterocycles. The van der Waals surface area contributed by atoms with Gasteiger partial charge in [0.15, 0.2) is 0 Å². The van der Waals surface area contributed by atoms with Crippen LogP contribution in [0.1, 0.15) is 24.4 Å². The number of aromatic nitrogens is 2. The van der Waals surface area contributed by atoms with Crippen LogP contribution in [0.2, 0.25) is 5.02 Å². The van der Waals surface area contributed by atoms with Gasteiger partial charge in [-0.25, -0.2) is 9.37 Å². The van der Waals surface area contributed by atoms with Crippen LogP contribution in [0.5, 0.6) is 0 Å². The van der Waals surface area contributed by atoms with Crippen LogP contribution in [0.3, 0.4) is 0 Å². The number of halogens is 2. The summed E-state index contributed by atoms with van der Waals surface area (Å²) in [7, 11) is 0. The molecule has 1 saturated heterocycles. The standard InChI is InChI=1S/C17H15ClFN3/c18-13-5-4-12(9-14(13)19)22-7-1-2-17(22)11-3-6-15-16(8-11)21-10-20-15/h3-6,8-10,17H,1-2,7H2,(H,20,21)/t17-/m1/s1. The van der Waals surface area contributed by atoms with Crippen molar-refractivity contribution in [2.45, 2.75) is 18.9 Å². The van der Waals surface area contributed by atoms with Crippen molar-refractivity contribution in [3.8, 4) is 0 Å². The molecule has 22 heavy (non-hydrogen) atoms. The third-order valence-electron chi connectivity index (χ3n) is 4.32. The van der Waals surface area contributed by atoms with Crippen LogP contribution in [0.25, 0.3) is 11.0 Å². The van der Waals surface area contributed by atoms with E-state index in [1.54, 1.807) is 12.4 Å². The molecule has 0 unspecified atom stereocenters. The van der Waals surface area contributed by atoms with Gasteiger partial charge < -0.3 is 9.88 Å². The molecule has 1 N–H and O–H groups in total. The Balaban J connectivity index is 1.71. The van der Waals surface area contributed by atoms with E-state index in [1.807, 2.05) is 6.07 Å². The zero-order chi connectivity index (χ0) is 15.1. The molecule has 1 atom stereocenters. The van der Waals surface area contributed by atoms with E-state index < -0.39 is 0 Å². The third kappa shape index (κ3) is 2.24. The van der Waals surface area contributed by atoms with Crippen molar-refractivity contribution in [2.24, 2.45) is 0 Å². The van der Waals surface area contributed by atoms with Crippen molar-refractivity contribution in [3.63, 3.8) is 0 Å². The number of hydrogen-bond donors (Lipinski definition) is 1. The van der Waals surface area contributed by atoms with Gasteiger partial charge in [0.25, 0.3) is 0 Å². The van der Waals surface area contributed by atoms with Crippen LogP contribution in [-0.2, 0) is 0 Å². The van der Waals surface area contributed by atoms with Gasteiger partial charge >= 0.3 is 0 Å². The lowest BCUT2D eigenvalue weighted by Crippen LogP contribution is -2.22. The summed E-state index contributed by atoms with van der Waals surface area (Å²) < 4.78 is 13.8. The highest BCUT2D eigenvalue weighted by Gasteiger charge is 2.27. The molecule has 1 aromatic heterocycles. The van der Waals surface area contributed by atoms with E-state index in [1.165, 1.54) is 11.6 Å². The lowest BCUT2D eigenvalue weighted by Gasteiger charge is -2.27. The van der Waals surface area contributed by atoms with Gasteiger partial charge in [0.05, 0.1) is 28.4 Å². The van der Waals surface area contributed by atoms with E-state index in [9.17, 15) is 4.39 Å². The van der Waals surface area contributed by atoms with Crippen molar-refractivity contribution < 1.29 is 4.39 Å². The van der Waals surface area contributed by atoms with Crippen LogP contribution in [0.15, 0.2) is 42.7 Å². The van der Waals surface area contributed by atoms with Gasteiger partial charge in [-0.2, -0.15) is 0 Å². The number of aromatic amines is 1. The van der Waals surface area contributed by atoms with Gasteiger partial charge in [0.2, 0.25) is 0 Å². The molecular weight excluding hydrogens is 301 g/mol. The summed E-state index contributed by atoms with van der Waals surface area (Å²) in [5.74, 6) is -0.368. The first kappa shape index (κ1) is 13.6. The second-order valence-corrected chi connectivity index (χ2v) is 6.04. The highest BCUT2D eigenvalue weighted by Crippen LogP contribution is 2.37. The van der Waals surface area contributed by atoms with Crippen LogP contribution >= 0.6 is 11.6 Å². The monoisotopic (exact) mass is 315 g/mol. The summed E-state index contributed by atoms with van der Waals surface area (Å²) in [4.78, 5) is 9.67. The van der Waals surface area contributed by atoms with Gasteiger partial charge in [-0.1, -0.05) is 17.7 Å². The summed E-state index contributed by atoms with van der Waals surface area (Å²) in [6.07, 6.45) is 3.85. The minimum Gasteiger partial charge on any atom is -0.364 e. The van der Waals surface area contributed by atoms with Crippen LogP contribution < -0.4 is 4.90 Å². The van der Waals surface area contributed by atoms with Gasteiger partial charge in [-0.15, -0.1) is 0 Å². The average Bonchev–Trinajstić information content (AvgIpc) is 3.17. The number of H-pyrrole nitrogens is 1. The van der Waals surface area contributed by atoms with E-state index in [0.717, 1.165) is 36.1 Å². The molecular formula is C17H15ClFN3. The highest BCUT2D eigenvalue weighted by molar-refractivity contribution is 6.30. The number of hydrogen-bond acceptors (Lipinski definition) is 2. The fourth-order valence-electron chi connectivity index (χ4n) is 3.24. The summed E-state index contributed by atoms with van der Waals surface area (Å²) in [6.45, 7) is 0.921. The maximum Gasteiger partial charge on any atom is 0.143 e. The number of fused-ring (bicyclic) bond motifs is 1. The molecule has 1 fully saturated rings. The maximum absolute atomic E-state index is 13.8. The summed E-state index contributed by atoms with van der Waals surface area (Å²) in [6, 6.07) is 11.6. The fraction of sp³-hybridized carbons (Fsp3) is 0.235. The summed E-state index contributed by atoms with van der Waals surface area (Å²) in [5.41, 5.74) is 4.09. The van der Waals surface area contributed by atoms with Crippen molar-refractivity contribution in [2.75, 3.05) is 11.4 Å². The second kappa shape index (κ2) is 5.29. The first-order chi connectivity index (χ1) is 10.7. The molecule has 0 amide bonds. The van der Waals surface area contributed by atoms with Gasteiger partial charge in [-0.05, 0) is 48.7 Å². The number of nitrogens with one attached hydrogen (secondary N) is 1. The van der Waals surface area contributed by atoms with Crippen LogP contribution in [-0.4, -0.2) is 16.5 Å². The molecule has 0 saturated carbocycles. The molecule has 0 spiro atoms. The van der Waals surface area contributed by atoms with Gasteiger partial charge in [0.1, 0.15) is 5.82 Å². The molecule has 5 heteroatoms. The molecule has 2 aromatic carbocycles. The zero-order valence-corrected chi connectivity index (χ0v) is 12.6. The highest BCUT2D eigenvalue weighted by atomic mass is 35.5. The number of imidazole rings is 1. The van der Waals surface area contributed by atoms with E-state index in [-0.39, 0.29) is 16.9 Å². The Kier molecular flexibility index (Phi) is 3.26. The lowest BCUT2D eigenvalue weighted by molar-refractivity contribution is 0.625. The summed E-state index contributed by atoms with van der Waals surface area (Å²) in [5, 5.41) is 0.164. The molecule has 4 rings (SSSR count). The fourth-order valence-corrected chi connectivity index (χ4v) is 3.36. The van der Waals surface area contributed by atoms with E-state index in [4.69, 9.17) is 11.6 Å². The molecule has 3 aromatic rings. The molecule has 112 valence electrons.